The van der Waals surface area contributed by atoms with Crippen LogP contribution in [0, 0.1) is 0 Å². The maximum atomic E-state index is 10.9. The summed E-state index contributed by atoms with van der Waals surface area (Å²) in [6.45, 7) is -0.384. The van der Waals surface area contributed by atoms with Gasteiger partial charge in [0, 0.05) is 0 Å². The highest BCUT2D eigenvalue weighted by Gasteiger charge is 1.57. The van der Waals surface area contributed by atoms with Crippen LogP contribution in [-0.4, -0.2) is 6.67 Å². The van der Waals surface area contributed by atoms with E-state index in [1.165, 1.54) is 11.1 Å². The van der Waals surface area contributed by atoms with Crippen LogP contribution in [0.1, 0.15) is 0 Å². The fraction of sp³-hybridized carbons (Fsp3) is 0.333. The Kier molecular flexibility index (Phi) is 4.27. The topological polar surface area (TPSA) is 0 Å². The molecule has 0 aromatic heterocycles. The minimum atomic E-state index is -0.384. The fourth-order valence-corrected chi connectivity index (χ4v) is 0.175. The molecular weight excluding hydrogens is 135 g/mol. The molecule has 0 bridgehead atoms. The third-order valence-corrected chi connectivity index (χ3v) is 0.552. The summed E-state index contributed by atoms with van der Waals surface area (Å²) in [5.41, 5.74) is 0. The second-order valence-corrected chi connectivity index (χ2v) is 1.04. The molecule has 0 radical (unpaired) electrons. The van der Waals surface area contributed by atoms with E-state index in [2.05, 4.69) is 15.9 Å². The molecule has 30 valence electrons. The summed E-state index contributed by atoms with van der Waals surface area (Å²) in [4.78, 5) is 1.49. The number of hydrogen-bond donors (Lipinski definition) is 0. The van der Waals surface area contributed by atoms with Crippen LogP contribution < -0.4 is 0 Å². The molecule has 0 saturated heterocycles. The molecular formula is C3H4BrF. The highest BCUT2D eigenvalue weighted by atomic mass is 79.9. The monoisotopic (exact) mass is 138 g/mol. The molecule has 0 fully saturated rings. The number of alkyl halides is 1. The second kappa shape index (κ2) is 4.15. The lowest BCUT2D eigenvalue weighted by molar-refractivity contribution is 0.562. The van der Waals surface area contributed by atoms with Crippen LogP contribution >= 0.6 is 15.9 Å². The molecule has 5 heavy (non-hydrogen) atoms. The van der Waals surface area contributed by atoms with Crippen molar-refractivity contribution in [3.63, 3.8) is 0 Å². The summed E-state index contributed by atoms with van der Waals surface area (Å²) in [6, 6.07) is 0. The van der Waals surface area contributed by atoms with E-state index in [0.29, 0.717) is 0 Å². The van der Waals surface area contributed by atoms with Crippen molar-refractivity contribution < 1.29 is 4.39 Å². The molecule has 0 aliphatic rings. The molecule has 0 nitrogen and oxygen atoms in total. The van der Waals surface area contributed by atoms with Crippen LogP contribution in [0.15, 0.2) is 11.1 Å². The second-order valence-electron chi connectivity index (χ2n) is 0.516. The van der Waals surface area contributed by atoms with E-state index in [1.807, 2.05) is 0 Å². The van der Waals surface area contributed by atoms with E-state index in [-0.39, 0.29) is 6.67 Å². The Morgan fingerprint density at radius 2 is 2.40 bits per heavy atom. The van der Waals surface area contributed by atoms with Gasteiger partial charge in [0.25, 0.3) is 0 Å². The van der Waals surface area contributed by atoms with Gasteiger partial charge < -0.3 is 0 Å². The molecule has 0 amide bonds. The van der Waals surface area contributed by atoms with Crippen LogP contribution in [0.3, 0.4) is 0 Å². The highest BCUT2D eigenvalue weighted by Crippen LogP contribution is 1.80. The minimum absolute atomic E-state index is 0.384. The lowest BCUT2D eigenvalue weighted by atomic mass is 10.7. The van der Waals surface area contributed by atoms with Crippen molar-refractivity contribution in [1.82, 2.24) is 0 Å². The average Bonchev–Trinajstić information content (AvgIpc) is 1.41. The van der Waals surface area contributed by atoms with Crippen molar-refractivity contribution in [3.05, 3.63) is 11.1 Å². The van der Waals surface area contributed by atoms with Crippen LogP contribution in [0.25, 0.3) is 0 Å². The lowest BCUT2D eigenvalue weighted by Crippen LogP contribution is -1.51. The van der Waals surface area contributed by atoms with E-state index in [4.69, 9.17) is 0 Å². The predicted molar refractivity (Wildman–Crippen MR) is 24.0 cm³/mol. The number of allylic oxidation sites excluding steroid dienone is 1. The van der Waals surface area contributed by atoms with E-state index in [0.717, 1.165) is 0 Å². The van der Waals surface area contributed by atoms with Crippen molar-refractivity contribution in [2.75, 3.05) is 6.67 Å². The van der Waals surface area contributed by atoms with Gasteiger partial charge in [-0.25, -0.2) is 4.39 Å². The van der Waals surface area contributed by atoms with E-state index >= 15 is 0 Å². The molecule has 0 atom stereocenters. The summed E-state index contributed by atoms with van der Waals surface area (Å²) < 4.78 is 10.9. The van der Waals surface area contributed by atoms with E-state index < -0.39 is 0 Å². The Bertz CT molecular complexity index is 33.9. The molecule has 0 saturated carbocycles. The van der Waals surface area contributed by atoms with Crippen molar-refractivity contribution in [1.29, 1.82) is 0 Å². The van der Waals surface area contributed by atoms with Crippen LogP contribution in [0.2, 0.25) is 0 Å². The Morgan fingerprint density at radius 3 is 2.40 bits per heavy atom. The minimum Gasteiger partial charge on any atom is -0.247 e. The maximum Gasteiger partial charge on any atom is 0.108 e. The van der Waals surface area contributed by atoms with Gasteiger partial charge in [-0.05, 0) is 11.1 Å². The number of hydrogen-bond acceptors (Lipinski definition) is 0. The van der Waals surface area contributed by atoms with Gasteiger partial charge in [0.1, 0.15) is 6.67 Å². The first-order valence-corrected chi connectivity index (χ1v) is 2.14. The quantitative estimate of drug-likeness (QED) is 0.520. The van der Waals surface area contributed by atoms with Crippen LogP contribution in [0.5, 0.6) is 0 Å². The zero-order valence-electron chi connectivity index (χ0n) is 2.62. The molecule has 2 heteroatoms. The van der Waals surface area contributed by atoms with Gasteiger partial charge in [0.05, 0.1) is 0 Å². The maximum absolute atomic E-state index is 10.9. The zero-order valence-corrected chi connectivity index (χ0v) is 4.20. The third kappa shape index (κ3) is 4.15. The first-order valence-electron chi connectivity index (χ1n) is 1.23. The molecule has 0 aromatic rings. The summed E-state index contributed by atoms with van der Waals surface area (Å²) in [5.74, 6) is 0. The van der Waals surface area contributed by atoms with Crippen molar-refractivity contribution >= 4 is 15.9 Å². The van der Waals surface area contributed by atoms with Crippen molar-refractivity contribution in [2.45, 2.75) is 0 Å². The van der Waals surface area contributed by atoms with Gasteiger partial charge in [-0.3, -0.25) is 0 Å². The van der Waals surface area contributed by atoms with Crippen LogP contribution in [0.4, 0.5) is 4.39 Å². The first kappa shape index (κ1) is 5.15. The van der Waals surface area contributed by atoms with Gasteiger partial charge in [0.15, 0.2) is 0 Å². The Morgan fingerprint density at radius 1 is 1.80 bits per heavy atom. The van der Waals surface area contributed by atoms with Gasteiger partial charge in [-0.1, -0.05) is 15.9 Å². The van der Waals surface area contributed by atoms with Crippen molar-refractivity contribution in [3.8, 4) is 0 Å². The standard InChI is InChI=1S/C3H4BrF/c4-2-1-3-5/h1-2H,3H2/b2-1-. The molecule has 0 rings (SSSR count). The van der Waals surface area contributed by atoms with Gasteiger partial charge in [0.2, 0.25) is 0 Å². The predicted octanol–water partition coefficient (Wildman–Crippen LogP) is 1.86. The molecule has 0 aliphatic carbocycles. The first-order chi connectivity index (χ1) is 2.41. The van der Waals surface area contributed by atoms with Gasteiger partial charge in [-0.15, -0.1) is 0 Å². The van der Waals surface area contributed by atoms with Gasteiger partial charge in [-0.2, -0.15) is 0 Å². The molecule has 0 aromatic carbocycles. The summed E-state index contributed by atoms with van der Waals surface area (Å²) in [6.07, 6.45) is 1.38. The fourth-order valence-electron chi connectivity index (χ4n) is 0.0337. The smallest absolute Gasteiger partial charge is 0.108 e. The Balaban J connectivity index is 2.62. The third-order valence-electron chi connectivity index (χ3n) is 0.178. The van der Waals surface area contributed by atoms with E-state index in [1.54, 1.807) is 0 Å². The molecule has 0 spiro atoms. The largest absolute Gasteiger partial charge is 0.247 e. The summed E-state index contributed by atoms with van der Waals surface area (Å²) >= 11 is 2.89. The molecule has 0 unspecified atom stereocenters. The SMILES string of the molecule is FC/C=C\Br. The molecule has 0 heterocycles. The Hall–Kier alpha value is 0.150. The molecule has 0 N–H and O–H groups in total. The highest BCUT2D eigenvalue weighted by molar-refractivity contribution is 9.11. The number of rotatable bonds is 1. The average molecular weight is 139 g/mol. The number of halogens is 2. The van der Waals surface area contributed by atoms with Crippen molar-refractivity contribution in [2.24, 2.45) is 0 Å². The lowest BCUT2D eigenvalue weighted by Gasteiger charge is -1.60. The normalized spacial score (nSPS) is 10.0. The van der Waals surface area contributed by atoms with Gasteiger partial charge >= 0.3 is 0 Å². The Labute approximate surface area is 38.8 Å². The molecule has 0 aliphatic heterocycles. The van der Waals surface area contributed by atoms with E-state index in [9.17, 15) is 4.39 Å². The summed E-state index contributed by atoms with van der Waals surface area (Å²) in [5, 5.41) is 0. The zero-order chi connectivity index (χ0) is 4.12. The van der Waals surface area contributed by atoms with Crippen LogP contribution in [-0.2, 0) is 0 Å². The summed E-state index contributed by atoms with van der Waals surface area (Å²) in [7, 11) is 0.